The molecule has 0 amide bonds. The Morgan fingerprint density at radius 3 is 1.85 bits per heavy atom. The third kappa shape index (κ3) is 1.78. The Morgan fingerprint density at radius 1 is 1.15 bits per heavy atom. The average molecular weight is 312 g/mol. The molecule has 1 aromatic rings. The van der Waals surface area contributed by atoms with E-state index in [4.69, 9.17) is 5.11 Å². The summed E-state index contributed by atoms with van der Waals surface area (Å²) in [6.45, 7) is 0. The fourth-order valence-corrected chi connectivity index (χ4v) is 1.96. The average Bonchev–Trinajstić information content (AvgIpc) is 2.01. The van der Waals surface area contributed by atoms with Crippen LogP contribution in [0, 0.1) is 0 Å². The van der Waals surface area contributed by atoms with E-state index in [0.29, 0.717) is 0 Å². The predicted molar refractivity (Wildman–Crippen MR) is 52.1 cm³/mol. The topological polar surface area (TPSA) is 77.8 Å². The standard InChI is InChI=1S/C7H4Br2O4/c8-2-1-3(9)6(11)4(5(2)10)7(12)13/h1,10-11H,(H,12,13). The van der Waals surface area contributed by atoms with E-state index in [1.165, 1.54) is 6.07 Å². The van der Waals surface area contributed by atoms with Crippen LogP contribution in [0.1, 0.15) is 10.4 Å². The molecule has 0 radical (unpaired) electrons. The van der Waals surface area contributed by atoms with Crippen LogP contribution in [0.4, 0.5) is 0 Å². The molecule has 0 aliphatic carbocycles. The maximum atomic E-state index is 10.6. The van der Waals surface area contributed by atoms with Crippen molar-refractivity contribution in [3.8, 4) is 11.5 Å². The van der Waals surface area contributed by atoms with E-state index in [1.807, 2.05) is 0 Å². The van der Waals surface area contributed by atoms with E-state index in [9.17, 15) is 15.0 Å². The molecule has 0 bridgehead atoms. The normalized spacial score (nSPS) is 10.0. The number of hydrogen-bond donors (Lipinski definition) is 3. The van der Waals surface area contributed by atoms with Gasteiger partial charge in [0.15, 0.2) is 0 Å². The van der Waals surface area contributed by atoms with Gasteiger partial charge < -0.3 is 15.3 Å². The lowest BCUT2D eigenvalue weighted by Gasteiger charge is -2.06. The number of carboxylic acid groups (broad SMARTS) is 1. The lowest BCUT2D eigenvalue weighted by atomic mass is 10.2. The van der Waals surface area contributed by atoms with Crippen molar-refractivity contribution in [1.82, 2.24) is 0 Å². The molecule has 70 valence electrons. The minimum absolute atomic E-state index is 0.203. The molecule has 1 aromatic carbocycles. The summed E-state index contributed by atoms with van der Waals surface area (Å²) in [4.78, 5) is 10.6. The molecular formula is C7H4Br2O4. The third-order valence-electron chi connectivity index (χ3n) is 1.39. The lowest BCUT2D eigenvalue weighted by Crippen LogP contribution is -1.98. The molecular weight excluding hydrogens is 308 g/mol. The molecule has 0 aromatic heterocycles. The monoisotopic (exact) mass is 310 g/mol. The maximum absolute atomic E-state index is 10.6. The molecule has 0 atom stereocenters. The summed E-state index contributed by atoms with van der Waals surface area (Å²) >= 11 is 5.89. The van der Waals surface area contributed by atoms with Crippen LogP contribution in [0.3, 0.4) is 0 Å². The molecule has 13 heavy (non-hydrogen) atoms. The van der Waals surface area contributed by atoms with Crippen LogP contribution in [0.25, 0.3) is 0 Å². The van der Waals surface area contributed by atoms with Gasteiger partial charge >= 0.3 is 5.97 Å². The Labute approximate surface area is 90.1 Å². The number of aromatic carboxylic acids is 1. The number of benzene rings is 1. The fourth-order valence-electron chi connectivity index (χ4n) is 0.802. The van der Waals surface area contributed by atoms with Gasteiger partial charge in [0.05, 0.1) is 8.95 Å². The van der Waals surface area contributed by atoms with Gasteiger partial charge in [0.1, 0.15) is 17.1 Å². The van der Waals surface area contributed by atoms with Crippen LogP contribution in [0.5, 0.6) is 11.5 Å². The van der Waals surface area contributed by atoms with Gasteiger partial charge in [-0.25, -0.2) is 4.79 Å². The second-order valence-electron chi connectivity index (χ2n) is 2.22. The van der Waals surface area contributed by atoms with Crippen LogP contribution in [-0.4, -0.2) is 21.3 Å². The van der Waals surface area contributed by atoms with Gasteiger partial charge in [0, 0.05) is 0 Å². The minimum atomic E-state index is -1.39. The molecule has 0 aliphatic rings. The highest BCUT2D eigenvalue weighted by molar-refractivity contribution is 9.11. The Hall–Kier alpha value is -0.750. The molecule has 0 saturated carbocycles. The van der Waals surface area contributed by atoms with Crippen LogP contribution >= 0.6 is 31.9 Å². The Balaban J connectivity index is 3.56. The highest BCUT2D eigenvalue weighted by atomic mass is 79.9. The summed E-state index contributed by atoms with van der Waals surface area (Å²) in [5, 5.41) is 27.2. The highest BCUT2D eigenvalue weighted by Gasteiger charge is 2.20. The fraction of sp³-hybridized carbons (Fsp3) is 0. The van der Waals surface area contributed by atoms with E-state index in [0.717, 1.165) is 0 Å². The number of halogens is 2. The molecule has 6 heteroatoms. The molecule has 0 spiro atoms. The second kappa shape index (κ2) is 3.55. The highest BCUT2D eigenvalue weighted by Crippen LogP contribution is 2.39. The molecule has 0 heterocycles. The molecule has 0 aliphatic heterocycles. The van der Waals surface area contributed by atoms with E-state index in [1.54, 1.807) is 0 Å². The van der Waals surface area contributed by atoms with E-state index < -0.39 is 23.0 Å². The van der Waals surface area contributed by atoms with Gasteiger partial charge in [0.2, 0.25) is 0 Å². The maximum Gasteiger partial charge on any atom is 0.343 e. The smallest absolute Gasteiger partial charge is 0.343 e. The zero-order valence-electron chi connectivity index (χ0n) is 6.08. The largest absolute Gasteiger partial charge is 0.506 e. The Bertz CT molecular complexity index is 349. The van der Waals surface area contributed by atoms with Crippen molar-refractivity contribution in [3.05, 3.63) is 20.6 Å². The SMILES string of the molecule is O=C(O)c1c(O)c(Br)cc(Br)c1O. The van der Waals surface area contributed by atoms with Crippen molar-refractivity contribution in [2.45, 2.75) is 0 Å². The van der Waals surface area contributed by atoms with Crippen LogP contribution in [-0.2, 0) is 0 Å². The molecule has 4 nitrogen and oxygen atoms in total. The van der Waals surface area contributed by atoms with Crippen LogP contribution < -0.4 is 0 Å². The molecule has 3 N–H and O–H groups in total. The molecule has 0 saturated heterocycles. The number of aromatic hydroxyl groups is 2. The van der Waals surface area contributed by atoms with Gasteiger partial charge in [0.25, 0.3) is 0 Å². The zero-order chi connectivity index (χ0) is 10.2. The van der Waals surface area contributed by atoms with Crippen LogP contribution in [0.2, 0.25) is 0 Å². The minimum Gasteiger partial charge on any atom is -0.506 e. The van der Waals surface area contributed by atoms with Crippen LogP contribution in [0.15, 0.2) is 15.0 Å². The molecule has 0 unspecified atom stereocenters. The number of carbonyl (C=O) groups is 1. The Kier molecular flexibility index (Phi) is 2.82. The van der Waals surface area contributed by atoms with Crippen molar-refractivity contribution < 1.29 is 20.1 Å². The van der Waals surface area contributed by atoms with Gasteiger partial charge in [-0.2, -0.15) is 0 Å². The van der Waals surface area contributed by atoms with E-state index >= 15 is 0 Å². The summed E-state index contributed by atoms with van der Waals surface area (Å²) in [6.07, 6.45) is 0. The first-order valence-corrected chi connectivity index (χ1v) is 4.67. The summed E-state index contributed by atoms with van der Waals surface area (Å²) in [6, 6.07) is 1.36. The van der Waals surface area contributed by atoms with Crippen molar-refractivity contribution in [2.24, 2.45) is 0 Å². The lowest BCUT2D eigenvalue weighted by molar-refractivity contribution is 0.0690. The summed E-state index contributed by atoms with van der Waals surface area (Å²) in [7, 11) is 0. The first kappa shape index (κ1) is 10.3. The second-order valence-corrected chi connectivity index (χ2v) is 3.93. The third-order valence-corrected chi connectivity index (χ3v) is 2.60. The first-order valence-electron chi connectivity index (χ1n) is 3.08. The predicted octanol–water partition coefficient (Wildman–Crippen LogP) is 2.32. The van der Waals surface area contributed by atoms with Crippen molar-refractivity contribution in [3.63, 3.8) is 0 Å². The quantitative estimate of drug-likeness (QED) is 0.744. The van der Waals surface area contributed by atoms with E-state index in [2.05, 4.69) is 31.9 Å². The number of carboxylic acids is 1. The molecule has 0 fully saturated rings. The van der Waals surface area contributed by atoms with E-state index in [-0.39, 0.29) is 8.95 Å². The van der Waals surface area contributed by atoms with Gasteiger partial charge in [-0.3, -0.25) is 0 Å². The Morgan fingerprint density at radius 2 is 1.54 bits per heavy atom. The van der Waals surface area contributed by atoms with Gasteiger partial charge in [-0.1, -0.05) is 0 Å². The number of hydrogen-bond acceptors (Lipinski definition) is 3. The molecule has 1 rings (SSSR count). The summed E-state index contributed by atoms with van der Waals surface area (Å²) in [5.74, 6) is -2.38. The first-order chi connectivity index (χ1) is 5.95. The number of rotatable bonds is 1. The number of phenols is 2. The van der Waals surface area contributed by atoms with Crippen molar-refractivity contribution in [1.29, 1.82) is 0 Å². The van der Waals surface area contributed by atoms with Gasteiger partial charge in [-0.15, -0.1) is 0 Å². The summed E-state index contributed by atoms with van der Waals surface area (Å²) in [5.41, 5.74) is -0.527. The van der Waals surface area contributed by atoms with Crippen molar-refractivity contribution >= 4 is 37.8 Å². The summed E-state index contributed by atoms with van der Waals surface area (Å²) < 4.78 is 0.407. The van der Waals surface area contributed by atoms with Gasteiger partial charge in [-0.05, 0) is 37.9 Å². The van der Waals surface area contributed by atoms with Crippen molar-refractivity contribution in [2.75, 3.05) is 0 Å². The zero-order valence-corrected chi connectivity index (χ0v) is 9.26.